The van der Waals surface area contributed by atoms with Gasteiger partial charge in [0, 0.05) is 0 Å². The molecule has 0 aromatic heterocycles. The van der Waals surface area contributed by atoms with E-state index in [1.807, 2.05) is 24.3 Å². The summed E-state index contributed by atoms with van der Waals surface area (Å²) in [6.07, 6.45) is 4.79. The molecule has 0 radical (unpaired) electrons. The van der Waals surface area contributed by atoms with Gasteiger partial charge in [-0.25, -0.2) is 0 Å². The lowest BCUT2D eigenvalue weighted by atomic mass is 9.90. The summed E-state index contributed by atoms with van der Waals surface area (Å²) in [5.74, 6) is -0.452. The molecular formula is C13H17NO2. The maximum atomic E-state index is 10.9. The molecule has 1 fully saturated rings. The highest BCUT2D eigenvalue weighted by Crippen LogP contribution is 2.37. The van der Waals surface area contributed by atoms with Crippen molar-refractivity contribution in [3.63, 3.8) is 0 Å². The van der Waals surface area contributed by atoms with Gasteiger partial charge >= 0.3 is 5.97 Å². The molecule has 1 aliphatic rings. The predicted molar refractivity (Wildman–Crippen MR) is 62.2 cm³/mol. The lowest BCUT2D eigenvalue weighted by Crippen LogP contribution is -2.22. The lowest BCUT2D eigenvalue weighted by molar-refractivity contribution is -0.138. The SMILES string of the molecule is NC(C(=O)O)c1ccccc1C1CCCC1. The maximum Gasteiger partial charge on any atom is 0.325 e. The van der Waals surface area contributed by atoms with E-state index in [2.05, 4.69) is 0 Å². The fourth-order valence-electron chi connectivity index (χ4n) is 2.54. The van der Waals surface area contributed by atoms with Gasteiger partial charge in [0.1, 0.15) is 6.04 Å². The van der Waals surface area contributed by atoms with Crippen molar-refractivity contribution in [3.8, 4) is 0 Å². The van der Waals surface area contributed by atoms with Crippen molar-refractivity contribution in [2.45, 2.75) is 37.6 Å². The summed E-state index contributed by atoms with van der Waals surface area (Å²) >= 11 is 0. The van der Waals surface area contributed by atoms with Crippen LogP contribution in [-0.2, 0) is 4.79 Å². The summed E-state index contributed by atoms with van der Waals surface area (Å²) in [6, 6.07) is 6.79. The fourth-order valence-corrected chi connectivity index (χ4v) is 2.54. The highest BCUT2D eigenvalue weighted by molar-refractivity contribution is 5.75. The molecule has 2 rings (SSSR count). The summed E-state index contributed by atoms with van der Waals surface area (Å²) in [6.45, 7) is 0. The van der Waals surface area contributed by atoms with Gasteiger partial charge in [0.25, 0.3) is 0 Å². The molecule has 3 nitrogen and oxygen atoms in total. The Labute approximate surface area is 95.3 Å². The standard InChI is InChI=1S/C13H17NO2/c14-12(13(15)16)11-8-4-3-7-10(11)9-5-1-2-6-9/h3-4,7-9,12H,1-2,5-6,14H2,(H,15,16). The first-order chi connectivity index (χ1) is 7.70. The second-order valence-corrected chi connectivity index (χ2v) is 4.43. The molecule has 1 aliphatic carbocycles. The Morgan fingerprint density at radius 1 is 1.31 bits per heavy atom. The highest BCUT2D eigenvalue weighted by Gasteiger charge is 2.24. The van der Waals surface area contributed by atoms with Crippen LogP contribution in [0.1, 0.15) is 48.8 Å². The number of aliphatic carboxylic acids is 1. The van der Waals surface area contributed by atoms with E-state index < -0.39 is 12.0 Å². The topological polar surface area (TPSA) is 63.3 Å². The molecule has 0 amide bonds. The van der Waals surface area contributed by atoms with Crippen LogP contribution in [0.2, 0.25) is 0 Å². The first kappa shape index (κ1) is 11.1. The Hall–Kier alpha value is -1.35. The smallest absolute Gasteiger partial charge is 0.325 e. The van der Waals surface area contributed by atoms with Gasteiger partial charge in [-0.05, 0) is 29.9 Å². The third-order valence-corrected chi connectivity index (χ3v) is 3.39. The van der Waals surface area contributed by atoms with E-state index in [4.69, 9.17) is 10.8 Å². The van der Waals surface area contributed by atoms with Gasteiger partial charge < -0.3 is 10.8 Å². The van der Waals surface area contributed by atoms with Crippen molar-refractivity contribution in [2.24, 2.45) is 5.73 Å². The number of carboxylic acids is 1. The summed E-state index contributed by atoms with van der Waals surface area (Å²) < 4.78 is 0. The molecule has 0 bridgehead atoms. The third-order valence-electron chi connectivity index (χ3n) is 3.39. The molecule has 3 N–H and O–H groups in total. The van der Waals surface area contributed by atoms with Crippen LogP contribution in [0, 0.1) is 0 Å². The first-order valence-electron chi connectivity index (χ1n) is 5.77. The zero-order chi connectivity index (χ0) is 11.5. The second kappa shape index (κ2) is 4.66. The number of carboxylic acid groups (broad SMARTS) is 1. The largest absolute Gasteiger partial charge is 0.480 e. The van der Waals surface area contributed by atoms with E-state index in [-0.39, 0.29) is 0 Å². The molecule has 1 unspecified atom stereocenters. The molecule has 1 atom stereocenters. The third kappa shape index (κ3) is 2.09. The molecule has 1 aromatic rings. The molecule has 1 aromatic carbocycles. The van der Waals surface area contributed by atoms with Gasteiger partial charge in [-0.3, -0.25) is 4.79 Å². The minimum Gasteiger partial charge on any atom is -0.480 e. The quantitative estimate of drug-likeness (QED) is 0.820. The Morgan fingerprint density at radius 2 is 1.94 bits per heavy atom. The molecule has 0 spiro atoms. The molecule has 0 saturated heterocycles. The van der Waals surface area contributed by atoms with Crippen LogP contribution in [-0.4, -0.2) is 11.1 Å². The Morgan fingerprint density at radius 3 is 2.56 bits per heavy atom. The fraction of sp³-hybridized carbons (Fsp3) is 0.462. The minimum atomic E-state index is -0.953. The van der Waals surface area contributed by atoms with E-state index in [1.54, 1.807) is 0 Å². The van der Waals surface area contributed by atoms with Gasteiger partial charge in [-0.2, -0.15) is 0 Å². The van der Waals surface area contributed by atoms with Gasteiger partial charge in [0.05, 0.1) is 0 Å². The number of hydrogen-bond acceptors (Lipinski definition) is 2. The number of rotatable bonds is 3. The Bertz CT molecular complexity index is 383. The lowest BCUT2D eigenvalue weighted by Gasteiger charge is -2.17. The molecule has 16 heavy (non-hydrogen) atoms. The van der Waals surface area contributed by atoms with E-state index in [9.17, 15) is 4.79 Å². The monoisotopic (exact) mass is 219 g/mol. The van der Waals surface area contributed by atoms with Gasteiger partial charge in [-0.1, -0.05) is 37.1 Å². The first-order valence-corrected chi connectivity index (χ1v) is 5.77. The van der Waals surface area contributed by atoms with Crippen LogP contribution in [0.4, 0.5) is 0 Å². The van der Waals surface area contributed by atoms with Crippen molar-refractivity contribution < 1.29 is 9.90 Å². The van der Waals surface area contributed by atoms with E-state index in [0.717, 1.165) is 24.0 Å². The summed E-state index contributed by atoms with van der Waals surface area (Å²) in [4.78, 5) is 10.9. The van der Waals surface area contributed by atoms with E-state index in [0.29, 0.717) is 5.92 Å². The normalized spacial score (nSPS) is 18.6. The minimum absolute atomic E-state index is 0.501. The second-order valence-electron chi connectivity index (χ2n) is 4.43. The summed E-state index contributed by atoms with van der Waals surface area (Å²) in [7, 11) is 0. The molecule has 0 heterocycles. The average Bonchev–Trinajstić information content (AvgIpc) is 2.81. The van der Waals surface area contributed by atoms with Crippen molar-refractivity contribution >= 4 is 5.97 Å². The van der Waals surface area contributed by atoms with Crippen LogP contribution in [0.5, 0.6) is 0 Å². The van der Waals surface area contributed by atoms with Gasteiger partial charge in [0.2, 0.25) is 0 Å². The molecule has 1 saturated carbocycles. The molecule has 3 heteroatoms. The molecular weight excluding hydrogens is 202 g/mol. The summed E-state index contributed by atoms with van der Waals surface area (Å²) in [5, 5.41) is 8.98. The predicted octanol–water partition coefficient (Wildman–Crippen LogP) is 2.43. The van der Waals surface area contributed by atoms with E-state index in [1.165, 1.54) is 12.8 Å². The highest BCUT2D eigenvalue weighted by atomic mass is 16.4. The van der Waals surface area contributed by atoms with Crippen LogP contribution < -0.4 is 5.73 Å². The van der Waals surface area contributed by atoms with Crippen molar-refractivity contribution in [2.75, 3.05) is 0 Å². The zero-order valence-corrected chi connectivity index (χ0v) is 9.23. The molecule has 86 valence electrons. The molecule has 0 aliphatic heterocycles. The summed E-state index contributed by atoms with van der Waals surface area (Å²) in [5.41, 5.74) is 7.62. The maximum absolute atomic E-state index is 10.9. The number of carbonyl (C=O) groups is 1. The number of nitrogens with two attached hydrogens (primary N) is 1. The van der Waals surface area contributed by atoms with Crippen molar-refractivity contribution in [1.82, 2.24) is 0 Å². The van der Waals surface area contributed by atoms with Crippen LogP contribution in [0.3, 0.4) is 0 Å². The van der Waals surface area contributed by atoms with Crippen LogP contribution >= 0.6 is 0 Å². The van der Waals surface area contributed by atoms with Gasteiger partial charge in [0.15, 0.2) is 0 Å². The van der Waals surface area contributed by atoms with Gasteiger partial charge in [-0.15, -0.1) is 0 Å². The number of benzene rings is 1. The van der Waals surface area contributed by atoms with Crippen molar-refractivity contribution in [3.05, 3.63) is 35.4 Å². The van der Waals surface area contributed by atoms with E-state index >= 15 is 0 Å². The zero-order valence-electron chi connectivity index (χ0n) is 9.23. The van der Waals surface area contributed by atoms with Crippen molar-refractivity contribution in [1.29, 1.82) is 0 Å². The number of hydrogen-bond donors (Lipinski definition) is 2. The van der Waals surface area contributed by atoms with Crippen LogP contribution in [0.15, 0.2) is 24.3 Å². The Balaban J connectivity index is 2.33. The van der Waals surface area contributed by atoms with Crippen LogP contribution in [0.25, 0.3) is 0 Å². The average molecular weight is 219 g/mol. The Kier molecular flexibility index (Phi) is 3.25.